The van der Waals surface area contributed by atoms with E-state index in [-0.39, 0.29) is 12.3 Å². The smallest absolute Gasteiger partial charge is 0.422 e. The van der Waals surface area contributed by atoms with Crippen molar-refractivity contribution in [3.05, 3.63) is 23.8 Å². The van der Waals surface area contributed by atoms with Crippen LogP contribution in [0.2, 0.25) is 0 Å². The predicted octanol–water partition coefficient (Wildman–Crippen LogP) is 1.69. The van der Waals surface area contributed by atoms with Gasteiger partial charge in [-0.2, -0.15) is 21.6 Å². The van der Waals surface area contributed by atoms with E-state index in [1.807, 2.05) is 4.72 Å². The molecule has 0 saturated carbocycles. The van der Waals surface area contributed by atoms with Crippen molar-refractivity contribution in [1.29, 1.82) is 0 Å². The monoisotopic (exact) mass is 327 g/mol. The minimum Gasteiger partial charge on any atom is -0.449 e. The van der Waals surface area contributed by atoms with E-state index in [2.05, 4.69) is 4.74 Å². The number of nitrogen functional groups attached to an aromatic ring is 1. The number of anilines is 2. The molecule has 118 valence electrons. The molecule has 0 atom stereocenters. The van der Waals surface area contributed by atoms with Crippen LogP contribution >= 0.6 is 0 Å². The summed E-state index contributed by atoms with van der Waals surface area (Å²) in [6.45, 7) is 1.41. The molecule has 21 heavy (non-hydrogen) atoms. The average molecular weight is 327 g/mol. The van der Waals surface area contributed by atoms with Gasteiger partial charge in [-0.05, 0) is 25.1 Å². The molecule has 0 saturated heterocycles. The summed E-state index contributed by atoms with van der Waals surface area (Å²) in [5.41, 5.74) is 3.57. The van der Waals surface area contributed by atoms with E-state index in [1.54, 1.807) is 0 Å². The first-order valence-corrected chi connectivity index (χ1v) is 6.97. The second-order valence-corrected chi connectivity index (χ2v) is 5.14. The largest absolute Gasteiger partial charge is 0.449 e. The van der Waals surface area contributed by atoms with Crippen molar-refractivity contribution in [3.8, 4) is 0 Å². The quantitative estimate of drug-likeness (QED) is 0.729. The van der Waals surface area contributed by atoms with Gasteiger partial charge < -0.3 is 10.5 Å². The van der Waals surface area contributed by atoms with Crippen LogP contribution in [-0.2, 0) is 21.1 Å². The first-order chi connectivity index (χ1) is 9.55. The molecule has 1 amide bonds. The van der Waals surface area contributed by atoms with Gasteiger partial charge in [-0.1, -0.05) is 0 Å². The summed E-state index contributed by atoms with van der Waals surface area (Å²) >= 11 is 0. The molecule has 0 bridgehead atoms. The molecule has 0 radical (unpaired) electrons. The van der Waals surface area contributed by atoms with Crippen molar-refractivity contribution in [1.82, 2.24) is 4.72 Å². The lowest BCUT2D eigenvalue weighted by molar-refractivity contribution is -0.137. The molecule has 0 aliphatic heterocycles. The maximum atomic E-state index is 12.4. The molecule has 0 fully saturated rings. The van der Waals surface area contributed by atoms with Crippen molar-refractivity contribution < 1.29 is 31.1 Å². The van der Waals surface area contributed by atoms with E-state index in [1.165, 1.54) is 11.6 Å². The van der Waals surface area contributed by atoms with Gasteiger partial charge >= 0.3 is 22.5 Å². The lowest BCUT2D eigenvalue weighted by atomic mass is 10.2. The number of nitrogens with one attached hydrogen (secondary N) is 2. The number of carbonyl (C=O) groups excluding carboxylic acids is 1. The van der Waals surface area contributed by atoms with Crippen LogP contribution in [0.5, 0.6) is 0 Å². The fraction of sp³-hybridized carbons (Fsp3) is 0.300. The lowest BCUT2D eigenvalue weighted by Crippen LogP contribution is -2.35. The standard InChI is InChI=1S/C10H12F3N3O4S/c1-2-20-9(17)16-21(18,19)15-8-4-3-6(5-7(8)14)10(11,12)13/h3-5,15H,2,14H2,1H3,(H,16,17). The molecule has 11 heteroatoms. The molecule has 4 N–H and O–H groups in total. The number of halogens is 3. The molecule has 1 aromatic carbocycles. The highest BCUT2D eigenvalue weighted by Gasteiger charge is 2.31. The summed E-state index contributed by atoms with van der Waals surface area (Å²) in [6, 6.07) is 2.06. The van der Waals surface area contributed by atoms with Gasteiger partial charge in [-0.25, -0.2) is 9.52 Å². The second kappa shape index (κ2) is 6.08. The fourth-order valence-electron chi connectivity index (χ4n) is 1.27. The molecule has 0 unspecified atom stereocenters. The van der Waals surface area contributed by atoms with Crippen molar-refractivity contribution in [3.63, 3.8) is 0 Å². The molecule has 0 aliphatic rings. The summed E-state index contributed by atoms with van der Waals surface area (Å²) < 4.78 is 68.0. The predicted molar refractivity (Wildman–Crippen MR) is 68.6 cm³/mol. The second-order valence-electron chi connectivity index (χ2n) is 3.73. The number of amides is 1. The third-order valence-corrected chi connectivity index (χ3v) is 3.04. The van der Waals surface area contributed by atoms with Crippen LogP contribution in [-0.4, -0.2) is 21.1 Å². The highest BCUT2D eigenvalue weighted by Crippen LogP contribution is 2.32. The molecule has 1 aromatic rings. The first kappa shape index (κ1) is 16.9. The van der Waals surface area contributed by atoms with Gasteiger partial charge in [0.1, 0.15) is 0 Å². The maximum absolute atomic E-state index is 12.4. The summed E-state index contributed by atoms with van der Waals surface area (Å²) in [7, 11) is -4.36. The average Bonchev–Trinajstić information content (AvgIpc) is 2.29. The van der Waals surface area contributed by atoms with Crippen molar-refractivity contribution in [2.24, 2.45) is 0 Å². The highest BCUT2D eigenvalue weighted by atomic mass is 32.2. The van der Waals surface area contributed by atoms with E-state index >= 15 is 0 Å². The normalized spacial score (nSPS) is 11.8. The Morgan fingerprint density at radius 2 is 2.00 bits per heavy atom. The number of rotatable bonds is 4. The van der Waals surface area contributed by atoms with Crippen LogP contribution < -0.4 is 15.2 Å². The van der Waals surface area contributed by atoms with Crippen molar-refractivity contribution >= 4 is 27.7 Å². The molecular formula is C10H12F3N3O4S. The zero-order valence-electron chi connectivity index (χ0n) is 10.7. The molecule has 0 heterocycles. The van der Waals surface area contributed by atoms with Crippen LogP contribution in [0.4, 0.5) is 29.3 Å². The first-order valence-electron chi connectivity index (χ1n) is 5.49. The molecule has 7 nitrogen and oxygen atoms in total. The van der Waals surface area contributed by atoms with E-state index in [0.717, 1.165) is 6.07 Å². The Labute approximate surface area is 118 Å². The number of benzene rings is 1. The van der Waals surface area contributed by atoms with E-state index in [4.69, 9.17) is 5.73 Å². The number of nitrogens with two attached hydrogens (primary N) is 1. The van der Waals surface area contributed by atoms with Crippen LogP contribution in [0.3, 0.4) is 0 Å². The van der Waals surface area contributed by atoms with Gasteiger partial charge in [0.25, 0.3) is 0 Å². The van der Waals surface area contributed by atoms with E-state index in [0.29, 0.717) is 12.1 Å². The summed E-state index contributed by atoms with van der Waals surface area (Å²) in [5.74, 6) is 0. The molecule has 0 spiro atoms. The summed E-state index contributed by atoms with van der Waals surface area (Å²) in [4.78, 5) is 11.0. The zero-order chi connectivity index (χ0) is 16.3. The minimum absolute atomic E-state index is 0.0518. The number of hydrogen-bond acceptors (Lipinski definition) is 5. The van der Waals surface area contributed by atoms with Crippen molar-refractivity contribution in [2.75, 3.05) is 17.1 Å². The van der Waals surface area contributed by atoms with Crippen LogP contribution in [0.15, 0.2) is 18.2 Å². The third kappa shape index (κ3) is 5.02. The van der Waals surface area contributed by atoms with Crippen LogP contribution in [0.25, 0.3) is 0 Å². The number of hydrogen-bond donors (Lipinski definition) is 3. The topological polar surface area (TPSA) is 111 Å². The Morgan fingerprint density at radius 1 is 1.38 bits per heavy atom. The van der Waals surface area contributed by atoms with Gasteiger partial charge in [0.2, 0.25) is 0 Å². The number of ether oxygens (including phenoxy) is 1. The molecule has 0 aromatic heterocycles. The van der Waals surface area contributed by atoms with Gasteiger partial charge in [0.05, 0.1) is 23.5 Å². The SMILES string of the molecule is CCOC(=O)NS(=O)(=O)Nc1ccc(C(F)(F)F)cc1N. The van der Waals surface area contributed by atoms with Crippen molar-refractivity contribution in [2.45, 2.75) is 13.1 Å². The molecule has 1 rings (SSSR count). The fourth-order valence-corrected chi connectivity index (χ4v) is 2.08. The van der Waals surface area contributed by atoms with Gasteiger partial charge in [-0.3, -0.25) is 4.72 Å². The number of carbonyl (C=O) groups is 1. The Kier molecular flexibility index (Phi) is 4.88. The van der Waals surface area contributed by atoms with Crippen LogP contribution in [0, 0.1) is 0 Å². The van der Waals surface area contributed by atoms with E-state index in [9.17, 15) is 26.4 Å². The Balaban J connectivity index is 2.91. The minimum atomic E-state index is -4.60. The molecule has 0 aliphatic carbocycles. The summed E-state index contributed by atoms with van der Waals surface area (Å²) in [6.07, 6.45) is -5.83. The van der Waals surface area contributed by atoms with Gasteiger partial charge in [-0.15, -0.1) is 0 Å². The highest BCUT2D eigenvalue weighted by molar-refractivity contribution is 7.91. The molecular weight excluding hydrogens is 315 g/mol. The Morgan fingerprint density at radius 3 is 2.48 bits per heavy atom. The summed E-state index contributed by atoms with van der Waals surface area (Å²) in [5, 5.41) is 0. The van der Waals surface area contributed by atoms with E-state index < -0.39 is 33.7 Å². The Hall–Kier alpha value is -2.17. The lowest BCUT2D eigenvalue weighted by Gasteiger charge is -2.13. The Bertz CT molecular complexity index is 631. The zero-order valence-corrected chi connectivity index (χ0v) is 11.5. The third-order valence-electron chi connectivity index (χ3n) is 2.12. The van der Waals surface area contributed by atoms with Gasteiger partial charge in [0, 0.05) is 0 Å². The van der Waals surface area contributed by atoms with Crippen LogP contribution in [0.1, 0.15) is 12.5 Å². The maximum Gasteiger partial charge on any atom is 0.422 e. The van der Waals surface area contributed by atoms with Gasteiger partial charge in [0.15, 0.2) is 0 Å². The number of alkyl halides is 3.